The molecule has 0 atom stereocenters. The van der Waals surface area contributed by atoms with E-state index in [1.165, 1.54) is 47.7 Å². The zero-order valence-electron chi connectivity index (χ0n) is 25.8. The molecule has 6 heterocycles. The van der Waals surface area contributed by atoms with Crippen LogP contribution in [0.25, 0.3) is 11.4 Å². The molecule has 4 aromatic rings. The predicted octanol–water partition coefficient (Wildman–Crippen LogP) is 4.65. The minimum atomic E-state index is -4.50. The van der Waals surface area contributed by atoms with E-state index in [4.69, 9.17) is 9.47 Å². The van der Waals surface area contributed by atoms with Crippen molar-refractivity contribution in [3.63, 3.8) is 0 Å². The quantitative estimate of drug-likeness (QED) is 0.210. The molecule has 0 N–H and O–H groups in total. The molecule has 0 bridgehead atoms. The standard InChI is InChI=1S/2C15H15F3N4O2/c1-10(23)12-9-22(20-14(12)21-4-6-24-7-5-21)11-2-3-13(19-8-11)15(16,17)18;1-10(23)12-9-20-22(14(12)21-4-6-24-7-5-21)11-2-3-13(19-8-11)15(16,17)18/h2*2-3,8-9H,4-7H2,1H3. The van der Waals surface area contributed by atoms with Crippen LogP contribution in [0.3, 0.4) is 0 Å². The summed E-state index contributed by atoms with van der Waals surface area (Å²) in [5.41, 5.74) is -0.410. The van der Waals surface area contributed by atoms with Gasteiger partial charge in [-0.1, -0.05) is 0 Å². The maximum Gasteiger partial charge on any atom is 0.433 e. The molecule has 0 aromatic carbocycles. The first-order valence-electron chi connectivity index (χ1n) is 14.7. The first-order valence-corrected chi connectivity index (χ1v) is 14.7. The van der Waals surface area contributed by atoms with Crippen molar-refractivity contribution in [1.29, 1.82) is 0 Å². The number of hydrogen-bond donors (Lipinski definition) is 0. The second kappa shape index (κ2) is 14.1. The molecule has 2 aliphatic heterocycles. The number of anilines is 2. The minimum absolute atomic E-state index is 0.164. The smallest absolute Gasteiger partial charge is 0.378 e. The Morgan fingerprint density at radius 2 is 1.19 bits per heavy atom. The highest BCUT2D eigenvalue weighted by molar-refractivity contribution is 5.99. The molecule has 48 heavy (non-hydrogen) atoms. The summed E-state index contributed by atoms with van der Waals surface area (Å²) in [5, 5.41) is 8.53. The zero-order valence-corrected chi connectivity index (χ0v) is 25.8. The average Bonchev–Trinajstić information content (AvgIpc) is 3.72. The fraction of sp³-hybridized carbons (Fsp3) is 0.400. The summed E-state index contributed by atoms with van der Waals surface area (Å²) < 4.78 is 89.1. The fourth-order valence-corrected chi connectivity index (χ4v) is 4.98. The second-order valence-corrected chi connectivity index (χ2v) is 10.7. The number of ether oxygens (including phenoxy) is 2. The van der Waals surface area contributed by atoms with E-state index in [1.54, 1.807) is 0 Å². The van der Waals surface area contributed by atoms with Crippen molar-refractivity contribution in [3.8, 4) is 11.4 Å². The van der Waals surface area contributed by atoms with E-state index in [9.17, 15) is 35.9 Å². The number of carbonyl (C=O) groups is 2. The molecule has 2 saturated heterocycles. The van der Waals surface area contributed by atoms with Crippen LogP contribution in [-0.4, -0.2) is 93.7 Å². The predicted molar refractivity (Wildman–Crippen MR) is 159 cm³/mol. The second-order valence-electron chi connectivity index (χ2n) is 10.7. The van der Waals surface area contributed by atoms with Gasteiger partial charge in [0.05, 0.1) is 67.5 Å². The van der Waals surface area contributed by atoms with Gasteiger partial charge in [0.15, 0.2) is 17.4 Å². The van der Waals surface area contributed by atoms with Gasteiger partial charge in [0, 0.05) is 32.4 Å². The molecule has 0 radical (unpaired) electrons. The fourth-order valence-electron chi connectivity index (χ4n) is 4.98. The van der Waals surface area contributed by atoms with Crippen LogP contribution in [0.1, 0.15) is 46.0 Å². The zero-order chi connectivity index (χ0) is 34.6. The van der Waals surface area contributed by atoms with E-state index in [-0.39, 0.29) is 11.6 Å². The summed E-state index contributed by atoms with van der Waals surface area (Å²) in [6.45, 7) is 7.28. The first kappa shape index (κ1) is 34.5. The molecule has 6 rings (SSSR count). The third-order valence-electron chi connectivity index (χ3n) is 7.40. The Balaban J connectivity index is 0.000000188. The van der Waals surface area contributed by atoms with Crippen LogP contribution >= 0.6 is 0 Å². The molecule has 0 unspecified atom stereocenters. The summed E-state index contributed by atoms with van der Waals surface area (Å²) in [6.07, 6.45) is -3.87. The summed E-state index contributed by atoms with van der Waals surface area (Å²) in [5.74, 6) is 0.725. The number of halogens is 6. The van der Waals surface area contributed by atoms with Crippen molar-refractivity contribution < 1.29 is 45.4 Å². The van der Waals surface area contributed by atoms with Crippen molar-refractivity contribution in [2.75, 3.05) is 62.4 Å². The van der Waals surface area contributed by atoms with Crippen LogP contribution in [0.15, 0.2) is 49.1 Å². The summed E-state index contributed by atoms with van der Waals surface area (Å²) in [4.78, 5) is 34.5. The monoisotopic (exact) mass is 680 g/mol. The summed E-state index contributed by atoms with van der Waals surface area (Å²) in [6, 6.07) is 4.35. The van der Waals surface area contributed by atoms with E-state index >= 15 is 0 Å². The molecule has 0 amide bonds. The van der Waals surface area contributed by atoms with Crippen LogP contribution in [0, 0.1) is 0 Å². The van der Waals surface area contributed by atoms with Crippen LogP contribution in [0.2, 0.25) is 0 Å². The normalized spacial score (nSPS) is 15.6. The number of alkyl halides is 6. The maximum absolute atomic E-state index is 12.7. The topological polar surface area (TPSA) is 120 Å². The molecular weight excluding hydrogens is 650 g/mol. The molecule has 12 nitrogen and oxygen atoms in total. The highest BCUT2D eigenvalue weighted by atomic mass is 19.4. The highest BCUT2D eigenvalue weighted by Gasteiger charge is 2.33. The number of aromatic nitrogens is 6. The molecule has 4 aromatic heterocycles. The van der Waals surface area contributed by atoms with Gasteiger partial charge in [0.25, 0.3) is 0 Å². The van der Waals surface area contributed by atoms with Crippen molar-refractivity contribution >= 4 is 23.2 Å². The lowest BCUT2D eigenvalue weighted by molar-refractivity contribution is -0.141. The number of hydrogen-bond acceptors (Lipinski definition) is 10. The van der Waals surface area contributed by atoms with Crippen LogP contribution in [0.5, 0.6) is 0 Å². The lowest BCUT2D eigenvalue weighted by Gasteiger charge is -2.29. The first-order chi connectivity index (χ1) is 22.7. The van der Waals surface area contributed by atoms with Crippen LogP contribution in [0.4, 0.5) is 38.0 Å². The van der Waals surface area contributed by atoms with Gasteiger partial charge in [-0.25, -0.2) is 19.3 Å². The van der Waals surface area contributed by atoms with Gasteiger partial charge in [0.2, 0.25) is 0 Å². The van der Waals surface area contributed by atoms with Crippen molar-refractivity contribution in [2.24, 2.45) is 0 Å². The van der Waals surface area contributed by atoms with Gasteiger partial charge in [-0.05, 0) is 38.1 Å². The van der Waals surface area contributed by atoms with Gasteiger partial charge >= 0.3 is 12.4 Å². The number of pyridine rings is 2. The van der Waals surface area contributed by atoms with Gasteiger partial charge in [0.1, 0.15) is 17.2 Å². The number of morpholine rings is 2. The number of nitrogens with zero attached hydrogens (tertiary/aromatic N) is 8. The van der Waals surface area contributed by atoms with Crippen molar-refractivity contribution in [3.05, 3.63) is 71.6 Å². The largest absolute Gasteiger partial charge is 0.433 e. The van der Waals surface area contributed by atoms with E-state index in [0.29, 0.717) is 86.7 Å². The highest BCUT2D eigenvalue weighted by Crippen LogP contribution is 2.30. The molecule has 0 spiro atoms. The van der Waals surface area contributed by atoms with Crippen molar-refractivity contribution in [1.82, 2.24) is 29.5 Å². The van der Waals surface area contributed by atoms with Gasteiger partial charge in [-0.3, -0.25) is 9.59 Å². The summed E-state index contributed by atoms with van der Waals surface area (Å²) >= 11 is 0. The number of Topliss-reactive ketones (excluding diaryl/α,β-unsaturated/α-hetero) is 2. The molecule has 0 saturated carbocycles. The van der Waals surface area contributed by atoms with Crippen LogP contribution < -0.4 is 9.80 Å². The molecule has 0 aliphatic carbocycles. The van der Waals surface area contributed by atoms with E-state index in [1.807, 2.05) is 9.80 Å². The molecule has 2 aliphatic rings. The number of rotatable bonds is 6. The third kappa shape index (κ3) is 7.82. The van der Waals surface area contributed by atoms with Gasteiger partial charge in [-0.15, -0.1) is 5.10 Å². The maximum atomic E-state index is 12.7. The molecule has 18 heteroatoms. The Labute approximate surface area is 269 Å². The van der Waals surface area contributed by atoms with Crippen molar-refractivity contribution in [2.45, 2.75) is 26.2 Å². The molecule has 256 valence electrons. The lowest BCUT2D eigenvalue weighted by atomic mass is 10.2. The number of ketones is 2. The SMILES string of the molecule is CC(=O)c1cn(-c2ccc(C(F)(F)F)nc2)nc1N1CCOCC1.CC(=O)c1cnn(-c2ccc(C(F)(F)F)nc2)c1N1CCOCC1. The minimum Gasteiger partial charge on any atom is -0.378 e. The summed E-state index contributed by atoms with van der Waals surface area (Å²) in [7, 11) is 0. The third-order valence-corrected chi connectivity index (χ3v) is 7.40. The Hall–Kier alpha value is -4.84. The van der Waals surface area contributed by atoms with Crippen LogP contribution in [-0.2, 0) is 21.8 Å². The Morgan fingerprint density at radius 1 is 0.688 bits per heavy atom. The van der Waals surface area contributed by atoms with Gasteiger partial charge in [-0.2, -0.15) is 31.4 Å². The lowest BCUT2D eigenvalue weighted by Crippen LogP contribution is -2.38. The van der Waals surface area contributed by atoms with E-state index in [0.717, 1.165) is 24.5 Å². The van der Waals surface area contributed by atoms with E-state index in [2.05, 4.69) is 20.2 Å². The van der Waals surface area contributed by atoms with Gasteiger partial charge < -0.3 is 19.3 Å². The number of carbonyl (C=O) groups excluding carboxylic acids is 2. The Kier molecular flexibility index (Phi) is 10.1. The molecular formula is C30H30F6N8O4. The Bertz CT molecular complexity index is 1710. The molecule has 2 fully saturated rings. The van der Waals surface area contributed by atoms with E-state index < -0.39 is 23.7 Å². The Morgan fingerprint density at radius 3 is 1.65 bits per heavy atom. The average molecular weight is 681 g/mol.